The summed E-state index contributed by atoms with van der Waals surface area (Å²) in [4.78, 5) is 22.5. The van der Waals surface area contributed by atoms with Crippen LogP contribution < -0.4 is 4.74 Å². The van der Waals surface area contributed by atoms with Crippen LogP contribution in [0.2, 0.25) is 0 Å². The van der Waals surface area contributed by atoms with Crippen molar-refractivity contribution in [2.75, 3.05) is 0 Å². The van der Waals surface area contributed by atoms with E-state index in [0.717, 1.165) is 11.3 Å². The van der Waals surface area contributed by atoms with Crippen molar-refractivity contribution in [3.8, 4) is 11.5 Å². The Morgan fingerprint density at radius 3 is 2.36 bits per heavy atom. The lowest BCUT2D eigenvalue weighted by Gasteiger charge is -2.14. The van der Waals surface area contributed by atoms with E-state index >= 15 is 0 Å². The van der Waals surface area contributed by atoms with Crippen LogP contribution in [-0.4, -0.2) is 22.2 Å². The molecule has 0 saturated heterocycles. The highest BCUT2D eigenvalue weighted by Gasteiger charge is 2.50. The first-order chi connectivity index (χ1) is 12.1. The number of hydrogen-bond donors (Lipinski definition) is 2. The molecule has 25 heavy (non-hydrogen) atoms. The Balaban J connectivity index is 1.68. The van der Waals surface area contributed by atoms with E-state index in [1.807, 2.05) is 54.6 Å². The molecule has 1 saturated carbocycles. The number of hydrogen-bond acceptors (Lipinski definition) is 3. The van der Waals surface area contributed by atoms with Gasteiger partial charge in [-0.05, 0) is 48.9 Å². The molecule has 3 rings (SSSR count). The lowest BCUT2D eigenvalue weighted by molar-refractivity contribution is -0.143. The lowest BCUT2D eigenvalue weighted by atomic mass is 9.93. The monoisotopic (exact) mass is 340 g/mol. The number of carboxylic acids is 2. The van der Waals surface area contributed by atoms with Crippen molar-refractivity contribution in [1.82, 2.24) is 0 Å². The number of ether oxygens (including phenoxy) is 1. The van der Waals surface area contributed by atoms with Crippen LogP contribution in [0, 0.1) is 17.8 Å². The molecule has 1 aliphatic carbocycles. The number of carboxylic acid groups (broad SMARTS) is 2. The van der Waals surface area contributed by atoms with Crippen LogP contribution >= 0.6 is 0 Å². The molecule has 2 aromatic carbocycles. The van der Waals surface area contributed by atoms with Gasteiger partial charge in [-0.25, -0.2) is 0 Å². The predicted octanol–water partition coefficient (Wildman–Crippen LogP) is 3.83. The van der Waals surface area contributed by atoms with Gasteiger partial charge in [0.05, 0.1) is 11.8 Å². The van der Waals surface area contributed by atoms with Gasteiger partial charge in [0.2, 0.25) is 0 Å². The number of para-hydroxylation sites is 2. The highest BCUT2D eigenvalue weighted by Crippen LogP contribution is 2.46. The van der Waals surface area contributed by atoms with Crippen LogP contribution in [0.1, 0.15) is 18.4 Å². The Labute approximate surface area is 145 Å². The van der Waals surface area contributed by atoms with Gasteiger partial charge in [-0.2, -0.15) is 0 Å². The molecule has 0 spiro atoms. The number of aliphatic carboxylic acids is 2. The molecule has 0 aromatic heterocycles. The third-order valence-corrected chi connectivity index (χ3v) is 4.66. The second-order valence-electron chi connectivity index (χ2n) is 6.35. The number of rotatable bonds is 8. The molecule has 1 aliphatic rings. The van der Waals surface area contributed by atoms with Crippen LogP contribution in [0.4, 0.5) is 0 Å². The van der Waals surface area contributed by atoms with Crippen LogP contribution in [0.15, 0.2) is 54.6 Å². The first-order valence-electron chi connectivity index (χ1n) is 8.32. The van der Waals surface area contributed by atoms with Crippen molar-refractivity contribution in [2.24, 2.45) is 17.8 Å². The molecular formula is C20H20O5. The Morgan fingerprint density at radius 1 is 1.04 bits per heavy atom. The van der Waals surface area contributed by atoms with Gasteiger partial charge < -0.3 is 14.9 Å². The van der Waals surface area contributed by atoms with Crippen molar-refractivity contribution < 1.29 is 24.5 Å². The van der Waals surface area contributed by atoms with Crippen molar-refractivity contribution in [3.05, 3.63) is 60.2 Å². The molecule has 5 heteroatoms. The molecule has 0 heterocycles. The fourth-order valence-corrected chi connectivity index (χ4v) is 3.20. The molecule has 0 bridgehead atoms. The molecular weight excluding hydrogens is 320 g/mol. The zero-order chi connectivity index (χ0) is 17.8. The zero-order valence-electron chi connectivity index (χ0n) is 13.7. The fraction of sp³-hybridized carbons (Fsp3) is 0.300. The van der Waals surface area contributed by atoms with Crippen molar-refractivity contribution in [1.29, 1.82) is 0 Å². The Kier molecular flexibility index (Phi) is 5.03. The first kappa shape index (κ1) is 17.0. The second kappa shape index (κ2) is 7.38. The van der Waals surface area contributed by atoms with E-state index in [1.165, 1.54) is 0 Å². The fourth-order valence-electron chi connectivity index (χ4n) is 3.20. The molecule has 3 atom stereocenters. The van der Waals surface area contributed by atoms with Gasteiger partial charge in [0.25, 0.3) is 0 Å². The summed E-state index contributed by atoms with van der Waals surface area (Å²) in [7, 11) is 0. The minimum Gasteiger partial charge on any atom is -0.481 e. The molecule has 3 unspecified atom stereocenters. The van der Waals surface area contributed by atoms with Crippen molar-refractivity contribution in [2.45, 2.75) is 19.3 Å². The normalized spacial score (nSPS) is 19.8. The summed E-state index contributed by atoms with van der Waals surface area (Å²) in [5.74, 6) is -1.82. The number of carbonyl (C=O) groups is 2. The summed E-state index contributed by atoms with van der Waals surface area (Å²) in [6.07, 6.45) is 1.39. The van der Waals surface area contributed by atoms with Gasteiger partial charge in [0.15, 0.2) is 0 Å². The molecule has 0 radical (unpaired) electrons. The standard InChI is InChI=1S/C20H20O5/c21-19(22)15(16-12-17(16)20(23)24)11-10-13-6-4-5-9-18(13)25-14-7-2-1-3-8-14/h1-9,15-17H,10-12H2,(H,21,22)(H,23,24). The molecule has 0 aliphatic heterocycles. The van der Waals surface area contributed by atoms with E-state index < -0.39 is 23.8 Å². The maximum absolute atomic E-state index is 11.5. The molecule has 2 aromatic rings. The topological polar surface area (TPSA) is 83.8 Å². The van der Waals surface area contributed by atoms with Gasteiger partial charge in [-0.3, -0.25) is 9.59 Å². The third kappa shape index (κ3) is 4.18. The first-order valence-corrected chi connectivity index (χ1v) is 8.32. The van der Waals surface area contributed by atoms with Crippen molar-refractivity contribution >= 4 is 11.9 Å². The van der Waals surface area contributed by atoms with Crippen molar-refractivity contribution in [3.63, 3.8) is 0 Å². The van der Waals surface area contributed by atoms with Crippen LogP contribution in [-0.2, 0) is 16.0 Å². The third-order valence-electron chi connectivity index (χ3n) is 4.66. The summed E-state index contributed by atoms with van der Waals surface area (Å²) in [6, 6.07) is 16.9. The summed E-state index contributed by atoms with van der Waals surface area (Å²) >= 11 is 0. The van der Waals surface area contributed by atoms with Gasteiger partial charge in [0.1, 0.15) is 11.5 Å². The Bertz CT molecular complexity index is 756. The summed E-state index contributed by atoms with van der Waals surface area (Å²) < 4.78 is 5.90. The van der Waals surface area contributed by atoms with E-state index in [9.17, 15) is 14.7 Å². The largest absolute Gasteiger partial charge is 0.481 e. The van der Waals surface area contributed by atoms with Crippen LogP contribution in [0.5, 0.6) is 11.5 Å². The smallest absolute Gasteiger partial charge is 0.306 e. The van der Waals surface area contributed by atoms with E-state index in [4.69, 9.17) is 9.84 Å². The average Bonchev–Trinajstić information content (AvgIpc) is 3.38. The minimum atomic E-state index is -0.921. The molecule has 2 N–H and O–H groups in total. The summed E-state index contributed by atoms with van der Waals surface area (Å²) in [5.41, 5.74) is 0.921. The van der Waals surface area contributed by atoms with E-state index in [-0.39, 0.29) is 5.92 Å². The number of aryl methyl sites for hydroxylation is 1. The summed E-state index contributed by atoms with van der Waals surface area (Å²) in [6.45, 7) is 0. The van der Waals surface area contributed by atoms with E-state index in [2.05, 4.69) is 0 Å². The van der Waals surface area contributed by atoms with Crippen LogP contribution in [0.25, 0.3) is 0 Å². The quantitative estimate of drug-likeness (QED) is 0.763. The minimum absolute atomic E-state index is 0.266. The molecule has 0 amide bonds. The predicted molar refractivity (Wildman–Crippen MR) is 91.6 cm³/mol. The number of benzene rings is 2. The van der Waals surface area contributed by atoms with Crippen LogP contribution in [0.3, 0.4) is 0 Å². The van der Waals surface area contributed by atoms with Gasteiger partial charge in [-0.15, -0.1) is 0 Å². The van der Waals surface area contributed by atoms with Gasteiger partial charge in [-0.1, -0.05) is 36.4 Å². The summed E-state index contributed by atoms with van der Waals surface area (Å²) in [5, 5.41) is 18.5. The van der Waals surface area contributed by atoms with Gasteiger partial charge in [0, 0.05) is 0 Å². The lowest BCUT2D eigenvalue weighted by Crippen LogP contribution is -2.19. The Morgan fingerprint density at radius 2 is 1.72 bits per heavy atom. The molecule has 1 fully saturated rings. The van der Waals surface area contributed by atoms with E-state index in [1.54, 1.807) is 0 Å². The van der Waals surface area contributed by atoms with Gasteiger partial charge >= 0.3 is 11.9 Å². The Hall–Kier alpha value is -2.82. The molecule has 130 valence electrons. The maximum atomic E-state index is 11.5. The highest BCUT2D eigenvalue weighted by molar-refractivity contribution is 5.77. The maximum Gasteiger partial charge on any atom is 0.306 e. The SMILES string of the molecule is O=C(O)C(CCc1ccccc1Oc1ccccc1)C1CC1C(=O)O. The zero-order valence-corrected chi connectivity index (χ0v) is 13.7. The highest BCUT2D eigenvalue weighted by atomic mass is 16.5. The van der Waals surface area contributed by atoms with E-state index in [0.29, 0.717) is 25.0 Å². The average molecular weight is 340 g/mol. The second-order valence-corrected chi connectivity index (χ2v) is 6.35. The molecule has 5 nitrogen and oxygen atoms in total.